The van der Waals surface area contributed by atoms with Crippen molar-refractivity contribution < 1.29 is 4.79 Å². The summed E-state index contributed by atoms with van der Waals surface area (Å²) in [6.07, 6.45) is 0. The molecule has 1 aromatic carbocycles. The lowest BCUT2D eigenvalue weighted by Gasteiger charge is -2.11. The summed E-state index contributed by atoms with van der Waals surface area (Å²) in [5.74, 6) is 0. The van der Waals surface area contributed by atoms with Gasteiger partial charge in [-0.05, 0) is 12.1 Å². The summed E-state index contributed by atoms with van der Waals surface area (Å²) >= 11 is 16.9. The number of hydrogen-bond donors (Lipinski definition) is 2. The maximum absolute atomic E-state index is 10.5. The Kier molecular flexibility index (Phi) is 3.48. The highest BCUT2D eigenvalue weighted by molar-refractivity contribution is 6.66. The van der Waals surface area contributed by atoms with Crippen molar-refractivity contribution in [3.63, 3.8) is 0 Å². The topological polar surface area (TPSA) is 55.1 Å². The van der Waals surface area contributed by atoms with Crippen LogP contribution in [-0.2, 0) is 3.79 Å². The molecule has 0 radical (unpaired) electrons. The maximum Gasteiger partial charge on any atom is 0.316 e. The first-order valence-electron chi connectivity index (χ1n) is 3.63. The van der Waals surface area contributed by atoms with E-state index in [4.69, 9.17) is 40.5 Å². The number of carbonyl (C=O) groups is 1. The van der Waals surface area contributed by atoms with Gasteiger partial charge in [0, 0.05) is 11.3 Å². The highest BCUT2D eigenvalue weighted by Crippen LogP contribution is 2.38. The molecule has 1 aromatic rings. The summed E-state index contributed by atoms with van der Waals surface area (Å²) in [5, 5.41) is 2.39. The standard InChI is InChI=1S/C8H7Cl3N2O/c9-8(10,11)5-1-3-6(4-2-5)13-7(12)14/h1-4H,(H3,12,13,14). The van der Waals surface area contributed by atoms with E-state index in [1.165, 1.54) is 0 Å². The largest absolute Gasteiger partial charge is 0.351 e. The fourth-order valence-corrected chi connectivity index (χ4v) is 1.26. The van der Waals surface area contributed by atoms with E-state index in [2.05, 4.69) is 5.32 Å². The molecule has 6 heteroatoms. The van der Waals surface area contributed by atoms with Gasteiger partial charge in [-0.1, -0.05) is 46.9 Å². The number of nitrogens with one attached hydrogen (secondary N) is 1. The molecule has 1 rings (SSSR count). The monoisotopic (exact) mass is 252 g/mol. The zero-order chi connectivity index (χ0) is 10.8. The Balaban J connectivity index is 2.84. The van der Waals surface area contributed by atoms with Crippen LogP contribution in [0.25, 0.3) is 0 Å². The highest BCUT2D eigenvalue weighted by atomic mass is 35.6. The molecule has 0 aromatic heterocycles. The summed E-state index contributed by atoms with van der Waals surface area (Å²) in [6, 6.07) is 5.76. The Morgan fingerprint density at radius 2 is 1.71 bits per heavy atom. The molecule has 0 bridgehead atoms. The zero-order valence-corrected chi connectivity index (χ0v) is 9.20. The van der Waals surface area contributed by atoms with Crippen LogP contribution in [-0.4, -0.2) is 6.03 Å². The lowest BCUT2D eigenvalue weighted by molar-refractivity contribution is 0.259. The number of nitrogens with two attached hydrogens (primary N) is 1. The van der Waals surface area contributed by atoms with Crippen molar-refractivity contribution in [2.24, 2.45) is 5.73 Å². The smallest absolute Gasteiger partial charge is 0.316 e. The Morgan fingerprint density at radius 1 is 1.21 bits per heavy atom. The van der Waals surface area contributed by atoms with Gasteiger partial charge in [-0.2, -0.15) is 0 Å². The first-order valence-corrected chi connectivity index (χ1v) is 4.77. The van der Waals surface area contributed by atoms with Crippen LogP contribution >= 0.6 is 34.8 Å². The SMILES string of the molecule is NC(=O)Nc1ccc(C(Cl)(Cl)Cl)cc1. The Labute approximate surface area is 96.1 Å². The Hall–Kier alpha value is -0.640. The molecule has 0 aliphatic heterocycles. The first-order chi connectivity index (χ1) is 6.39. The minimum Gasteiger partial charge on any atom is -0.351 e. The van der Waals surface area contributed by atoms with E-state index in [0.29, 0.717) is 11.3 Å². The van der Waals surface area contributed by atoms with Gasteiger partial charge < -0.3 is 11.1 Å². The lowest BCUT2D eigenvalue weighted by atomic mass is 10.2. The van der Waals surface area contributed by atoms with Crippen molar-refractivity contribution in [3.05, 3.63) is 29.8 Å². The second-order valence-electron chi connectivity index (χ2n) is 2.56. The fraction of sp³-hybridized carbons (Fsp3) is 0.125. The fourth-order valence-electron chi connectivity index (χ4n) is 0.885. The minimum atomic E-state index is -1.45. The summed E-state index contributed by atoms with van der Waals surface area (Å²) in [4.78, 5) is 10.5. The molecule has 3 N–H and O–H groups in total. The lowest BCUT2D eigenvalue weighted by Crippen LogP contribution is -2.19. The van der Waals surface area contributed by atoms with Crippen molar-refractivity contribution in [1.29, 1.82) is 0 Å². The summed E-state index contributed by atoms with van der Waals surface area (Å²) < 4.78 is -1.45. The number of amides is 2. The van der Waals surface area contributed by atoms with Crippen LogP contribution in [0.2, 0.25) is 0 Å². The van der Waals surface area contributed by atoms with E-state index < -0.39 is 9.82 Å². The van der Waals surface area contributed by atoms with Gasteiger partial charge in [-0.3, -0.25) is 0 Å². The van der Waals surface area contributed by atoms with Gasteiger partial charge in [-0.15, -0.1) is 0 Å². The number of anilines is 1. The number of urea groups is 1. The van der Waals surface area contributed by atoms with Gasteiger partial charge in [0.05, 0.1) is 0 Å². The molecule has 0 unspecified atom stereocenters. The maximum atomic E-state index is 10.5. The third-order valence-electron chi connectivity index (χ3n) is 1.48. The number of primary amides is 1. The predicted octanol–water partition coefficient (Wildman–Crippen LogP) is 3.00. The van der Waals surface area contributed by atoms with Gasteiger partial charge in [0.2, 0.25) is 3.79 Å². The molecule has 0 aliphatic carbocycles. The van der Waals surface area contributed by atoms with Gasteiger partial charge in [-0.25, -0.2) is 4.79 Å². The van der Waals surface area contributed by atoms with Crippen LogP contribution in [0.3, 0.4) is 0 Å². The molecule has 3 nitrogen and oxygen atoms in total. The van der Waals surface area contributed by atoms with Crippen LogP contribution in [0.5, 0.6) is 0 Å². The zero-order valence-electron chi connectivity index (χ0n) is 6.93. The molecule has 0 saturated heterocycles. The highest BCUT2D eigenvalue weighted by Gasteiger charge is 2.22. The van der Waals surface area contributed by atoms with E-state index in [1.54, 1.807) is 24.3 Å². The van der Waals surface area contributed by atoms with E-state index in [-0.39, 0.29) is 0 Å². The third kappa shape index (κ3) is 3.25. The molecule has 2 amide bonds. The Bertz CT molecular complexity index is 331. The van der Waals surface area contributed by atoms with Gasteiger partial charge in [0.1, 0.15) is 0 Å². The predicted molar refractivity (Wildman–Crippen MR) is 58.9 cm³/mol. The molecule has 0 saturated carbocycles. The van der Waals surface area contributed by atoms with Crippen LogP contribution in [0.4, 0.5) is 10.5 Å². The molecule has 0 heterocycles. The third-order valence-corrected chi connectivity index (χ3v) is 2.13. The van der Waals surface area contributed by atoms with Crippen LogP contribution in [0, 0.1) is 0 Å². The minimum absolute atomic E-state index is 0.525. The normalized spacial score (nSPS) is 11.1. The van der Waals surface area contributed by atoms with E-state index in [1.807, 2.05) is 0 Å². The van der Waals surface area contributed by atoms with E-state index >= 15 is 0 Å². The van der Waals surface area contributed by atoms with Crippen molar-refractivity contribution in [2.75, 3.05) is 5.32 Å². The Morgan fingerprint density at radius 3 is 2.07 bits per heavy atom. The number of rotatable bonds is 1. The molecule has 0 fully saturated rings. The number of hydrogen-bond acceptors (Lipinski definition) is 1. The van der Waals surface area contributed by atoms with Crippen LogP contribution < -0.4 is 11.1 Å². The molecular weight excluding hydrogens is 246 g/mol. The van der Waals surface area contributed by atoms with Crippen LogP contribution in [0.15, 0.2) is 24.3 Å². The number of carbonyl (C=O) groups excluding carboxylic acids is 1. The average molecular weight is 254 g/mol. The van der Waals surface area contributed by atoms with Crippen molar-refractivity contribution in [3.8, 4) is 0 Å². The van der Waals surface area contributed by atoms with Crippen molar-refractivity contribution in [1.82, 2.24) is 0 Å². The van der Waals surface area contributed by atoms with Crippen molar-refractivity contribution >= 4 is 46.5 Å². The number of alkyl halides is 3. The molecule has 0 atom stereocenters. The van der Waals surface area contributed by atoms with Gasteiger partial charge in [0.25, 0.3) is 0 Å². The molecule has 0 spiro atoms. The summed E-state index contributed by atoms with van der Waals surface area (Å²) in [5.41, 5.74) is 6.00. The quantitative estimate of drug-likeness (QED) is 0.743. The van der Waals surface area contributed by atoms with Crippen LogP contribution in [0.1, 0.15) is 5.56 Å². The van der Waals surface area contributed by atoms with Gasteiger partial charge >= 0.3 is 6.03 Å². The average Bonchev–Trinajstić information content (AvgIpc) is 2.02. The number of benzene rings is 1. The second-order valence-corrected chi connectivity index (χ2v) is 4.85. The number of halogens is 3. The van der Waals surface area contributed by atoms with Gasteiger partial charge in [0.15, 0.2) is 0 Å². The molecule has 76 valence electrons. The van der Waals surface area contributed by atoms with E-state index in [0.717, 1.165) is 0 Å². The second kappa shape index (κ2) is 4.26. The first kappa shape index (κ1) is 11.4. The molecule has 14 heavy (non-hydrogen) atoms. The molecule has 0 aliphatic rings. The molecular formula is C8H7Cl3N2O. The summed E-state index contributed by atoms with van der Waals surface area (Å²) in [7, 11) is 0. The van der Waals surface area contributed by atoms with Crippen molar-refractivity contribution in [2.45, 2.75) is 3.79 Å². The summed E-state index contributed by atoms with van der Waals surface area (Å²) in [6.45, 7) is 0. The van der Waals surface area contributed by atoms with E-state index in [9.17, 15) is 4.79 Å².